The summed E-state index contributed by atoms with van der Waals surface area (Å²) in [6.07, 6.45) is 5.58. The summed E-state index contributed by atoms with van der Waals surface area (Å²) in [5.41, 5.74) is 4.46. The lowest BCUT2D eigenvalue weighted by Crippen LogP contribution is -2.26. The maximum atomic E-state index is 12.8. The van der Waals surface area contributed by atoms with Crippen LogP contribution in [0, 0.1) is 0 Å². The molecule has 0 saturated carbocycles. The molecule has 8 heteroatoms. The number of H-pyrrole nitrogens is 1. The summed E-state index contributed by atoms with van der Waals surface area (Å²) in [4.78, 5) is 23.5. The van der Waals surface area contributed by atoms with Gasteiger partial charge in [-0.15, -0.1) is 11.3 Å². The van der Waals surface area contributed by atoms with Gasteiger partial charge in [-0.2, -0.15) is 5.10 Å². The Morgan fingerprint density at radius 2 is 2.15 bits per heavy atom. The Morgan fingerprint density at radius 3 is 2.96 bits per heavy atom. The molecule has 4 aromatic rings. The number of carbonyl (C=O) groups excluding carboxylic acids is 1. The van der Waals surface area contributed by atoms with Gasteiger partial charge in [0.05, 0.1) is 17.6 Å². The highest BCUT2D eigenvalue weighted by Crippen LogP contribution is 2.32. The molecule has 1 aliphatic rings. The molecular weight excluding hydrogens is 362 g/mol. The van der Waals surface area contributed by atoms with Gasteiger partial charge in [0, 0.05) is 42.2 Å². The van der Waals surface area contributed by atoms with Gasteiger partial charge < -0.3 is 9.32 Å². The zero-order chi connectivity index (χ0) is 18.2. The first-order valence-electron chi connectivity index (χ1n) is 8.55. The lowest BCUT2D eigenvalue weighted by Gasteiger charge is -2.14. The molecule has 0 saturated heterocycles. The van der Waals surface area contributed by atoms with E-state index in [9.17, 15) is 4.79 Å². The Kier molecular flexibility index (Phi) is 3.83. The number of oxazole rings is 1. The van der Waals surface area contributed by atoms with Crippen LogP contribution >= 0.6 is 11.3 Å². The highest BCUT2D eigenvalue weighted by Gasteiger charge is 2.30. The van der Waals surface area contributed by atoms with Crippen LogP contribution < -0.4 is 0 Å². The minimum atomic E-state index is 0.0439. The summed E-state index contributed by atoms with van der Waals surface area (Å²) in [7, 11) is 0. The van der Waals surface area contributed by atoms with Crippen molar-refractivity contribution in [3.05, 3.63) is 65.1 Å². The van der Waals surface area contributed by atoms with Crippen molar-refractivity contribution < 1.29 is 9.21 Å². The summed E-state index contributed by atoms with van der Waals surface area (Å²) in [5.74, 6) is 0.590. The number of aromatic amines is 1. The van der Waals surface area contributed by atoms with Crippen LogP contribution in [0.4, 0.5) is 0 Å². The number of hydrogen-bond acceptors (Lipinski definition) is 6. The molecule has 0 atom stereocenters. The number of fused-ring (bicyclic) bond motifs is 1. The van der Waals surface area contributed by atoms with E-state index in [4.69, 9.17) is 4.42 Å². The summed E-state index contributed by atoms with van der Waals surface area (Å²) < 4.78 is 5.43. The number of aromatic nitrogens is 4. The number of benzene rings is 1. The molecule has 1 N–H and O–H groups in total. The summed E-state index contributed by atoms with van der Waals surface area (Å²) in [5, 5.41) is 9.81. The number of hydrogen-bond donors (Lipinski definition) is 1. The molecule has 4 heterocycles. The van der Waals surface area contributed by atoms with E-state index in [1.54, 1.807) is 30.0 Å². The van der Waals surface area contributed by atoms with E-state index in [0.717, 1.165) is 33.1 Å². The topological polar surface area (TPSA) is 87.9 Å². The van der Waals surface area contributed by atoms with Crippen LogP contribution in [0.2, 0.25) is 0 Å². The van der Waals surface area contributed by atoms with Crippen molar-refractivity contribution in [2.24, 2.45) is 0 Å². The number of thiazole rings is 1. The van der Waals surface area contributed by atoms with Gasteiger partial charge in [-0.3, -0.25) is 9.89 Å². The second-order valence-electron chi connectivity index (χ2n) is 6.26. The van der Waals surface area contributed by atoms with Crippen molar-refractivity contribution in [1.82, 2.24) is 25.1 Å². The Hall–Kier alpha value is -3.26. The Labute approximate surface area is 158 Å². The van der Waals surface area contributed by atoms with Gasteiger partial charge in [0.15, 0.2) is 0 Å². The van der Waals surface area contributed by atoms with Crippen molar-refractivity contribution >= 4 is 17.2 Å². The van der Waals surface area contributed by atoms with Gasteiger partial charge in [0.2, 0.25) is 5.89 Å². The van der Waals surface area contributed by atoms with E-state index >= 15 is 0 Å². The number of carbonyl (C=O) groups is 1. The van der Waals surface area contributed by atoms with Crippen LogP contribution in [0.15, 0.2) is 52.7 Å². The van der Waals surface area contributed by atoms with Gasteiger partial charge in [0.25, 0.3) is 5.91 Å². The molecule has 0 radical (unpaired) electrons. The monoisotopic (exact) mass is 377 g/mol. The van der Waals surface area contributed by atoms with Crippen LogP contribution in [0.3, 0.4) is 0 Å². The highest BCUT2D eigenvalue weighted by molar-refractivity contribution is 7.13. The van der Waals surface area contributed by atoms with Crippen molar-refractivity contribution in [2.75, 3.05) is 6.54 Å². The SMILES string of the molecule is O=C1c2cccc(-c3ncco3)c2CN1CCc1csc(-c2ccn[nH]2)n1. The molecule has 1 aliphatic heterocycles. The van der Waals surface area contributed by atoms with Crippen molar-refractivity contribution in [2.45, 2.75) is 13.0 Å². The van der Waals surface area contributed by atoms with Crippen LogP contribution in [0.5, 0.6) is 0 Å². The molecule has 0 fully saturated rings. The minimum absolute atomic E-state index is 0.0439. The highest BCUT2D eigenvalue weighted by atomic mass is 32.1. The third-order valence-electron chi connectivity index (χ3n) is 4.63. The Balaban J connectivity index is 1.32. The second kappa shape index (κ2) is 6.48. The van der Waals surface area contributed by atoms with E-state index < -0.39 is 0 Å². The Morgan fingerprint density at radius 1 is 1.22 bits per heavy atom. The molecule has 0 spiro atoms. The van der Waals surface area contributed by atoms with Crippen LogP contribution in [-0.2, 0) is 13.0 Å². The van der Waals surface area contributed by atoms with Crippen LogP contribution in [0.25, 0.3) is 22.2 Å². The predicted molar refractivity (Wildman–Crippen MR) is 100 cm³/mol. The molecule has 1 amide bonds. The molecule has 3 aromatic heterocycles. The maximum absolute atomic E-state index is 12.8. The molecule has 1 aromatic carbocycles. The lowest BCUT2D eigenvalue weighted by atomic mass is 10.0. The van der Waals surface area contributed by atoms with Crippen molar-refractivity contribution in [3.8, 4) is 22.2 Å². The standard InChI is InChI=1S/C19H15N5O2S/c25-19-14-3-1-2-13(17-20-7-9-26-17)15(14)10-24(19)8-5-12-11-27-18(22-12)16-4-6-21-23-16/h1-4,6-7,9,11H,5,8,10H2,(H,21,23). The van der Waals surface area contributed by atoms with Gasteiger partial charge >= 0.3 is 0 Å². The Bertz CT molecular complexity index is 1090. The summed E-state index contributed by atoms with van der Waals surface area (Å²) >= 11 is 1.57. The third-order valence-corrected chi connectivity index (χ3v) is 5.55. The van der Waals surface area contributed by atoms with E-state index in [2.05, 4.69) is 20.2 Å². The van der Waals surface area contributed by atoms with E-state index in [-0.39, 0.29) is 5.91 Å². The molecule has 5 rings (SSSR count). The molecule has 0 bridgehead atoms. The number of rotatable bonds is 5. The minimum Gasteiger partial charge on any atom is -0.445 e. The lowest BCUT2D eigenvalue weighted by molar-refractivity contribution is 0.0780. The second-order valence-corrected chi connectivity index (χ2v) is 7.12. The summed E-state index contributed by atoms with van der Waals surface area (Å²) in [6.45, 7) is 1.18. The zero-order valence-electron chi connectivity index (χ0n) is 14.3. The maximum Gasteiger partial charge on any atom is 0.254 e. The molecule has 7 nitrogen and oxygen atoms in total. The average Bonchev–Trinajstić information content (AvgIpc) is 3.46. The summed E-state index contributed by atoms with van der Waals surface area (Å²) in [6, 6.07) is 7.58. The average molecular weight is 377 g/mol. The van der Waals surface area contributed by atoms with Gasteiger partial charge in [-0.1, -0.05) is 6.07 Å². The van der Waals surface area contributed by atoms with Crippen LogP contribution in [-0.4, -0.2) is 37.5 Å². The molecular formula is C19H15N5O2S. The van der Waals surface area contributed by atoms with Crippen LogP contribution in [0.1, 0.15) is 21.6 Å². The third kappa shape index (κ3) is 2.83. The van der Waals surface area contributed by atoms with Gasteiger partial charge in [0.1, 0.15) is 11.3 Å². The van der Waals surface area contributed by atoms with Crippen molar-refractivity contribution in [1.29, 1.82) is 0 Å². The zero-order valence-corrected chi connectivity index (χ0v) is 15.1. The fraction of sp³-hybridized carbons (Fsp3) is 0.158. The van der Waals surface area contributed by atoms with Gasteiger partial charge in [-0.05, 0) is 23.8 Å². The normalized spacial score (nSPS) is 13.3. The molecule has 134 valence electrons. The first-order valence-corrected chi connectivity index (χ1v) is 9.43. The fourth-order valence-electron chi connectivity index (χ4n) is 3.30. The smallest absolute Gasteiger partial charge is 0.254 e. The quantitative estimate of drug-likeness (QED) is 0.576. The molecule has 27 heavy (non-hydrogen) atoms. The fourth-order valence-corrected chi connectivity index (χ4v) is 4.13. The predicted octanol–water partition coefficient (Wildman–Crippen LogP) is 3.39. The van der Waals surface area contributed by atoms with E-state index in [0.29, 0.717) is 25.4 Å². The van der Waals surface area contributed by atoms with E-state index in [1.807, 2.05) is 34.5 Å². The number of nitrogens with zero attached hydrogens (tertiary/aromatic N) is 4. The molecule has 0 aliphatic carbocycles. The van der Waals surface area contributed by atoms with Gasteiger partial charge in [-0.25, -0.2) is 9.97 Å². The number of nitrogens with one attached hydrogen (secondary N) is 1. The largest absolute Gasteiger partial charge is 0.445 e. The number of amides is 1. The molecule has 0 unspecified atom stereocenters. The first-order chi connectivity index (χ1) is 13.3. The van der Waals surface area contributed by atoms with Crippen molar-refractivity contribution in [3.63, 3.8) is 0 Å². The first kappa shape index (κ1) is 16.0. The van der Waals surface area contributed by atoms with E-state index in [1.165, 1.54) is 0 Å².